The van der Waals surface area contributed by atoms with Crippen molar-refractivity contribution in [1.29, 1.82) is 0 Å². The van der Waals surface area contributed by atoms with Crippen LogP contribution in [0.4, 0.5) is 0 Å². The Hall–Kier alpha value is -4.27. The molecule has 3 unspecified atom stereocenters. The van der Waals surface area contributed by atoms with E-state index in [1.807, 2.05) is 12.1 Å². The Labute approximate surface area is 221 Å². The number of ketones is 1. The molecule has 0 aromatic heterocycles. The zero-order valence-electron chi connectivity index (χ0n) is 22.2. The topological polar surface area (TPSA) is 109 Å². The summed E-state index contributed by atoms with van der Waals surface area (Å²) < 4.78 is 26.7. The van der Waals surface area contributed by atoms with Gasteiger partial charge in [-0.3, -0.25) is 9.59 Å². The molecule has 0 fully saturated rings. The molecule has 0 spiro atoms. The predicted molar refractivity (Wildman–Crippen MR) is 138 cm³/mol. The highest BCUT2D eigenvalue weighted by molar-refractivity contribution is 6.13. The second-order valence-electron chi connectivity index (χ2n) is 9.01. The van der Waals surface area contributed by atoms with Crippen molar-refractivity contribution >= 4 is 17.7 Å². The van der Waals surface area contributed by atoms with Gasteiger partial charge in [0.15, 0.2) is 17.3 Å². The molecule has 200 valence electrons. The molecule has 4 rings (SSSR count). The van der Waals surface area contributed by atoms with E-state index in [9.17, 15) is 14.4 Å². The Bertz CT molecular complexity index is 1320. The molecule has 0 saturated heterocycles. The molecule has 1 N–H and O–H groups in total. The zero-order chi connectivity index (χ0) is 27.6. The molecule has 0 saturated carbocycles. The summed E-state index contributed by atoms with van der Waals surface area (Å²) in [6.45, 7) is 1.76. The molecule has 3 atom stereocenters. The lowest BCUT2D eigenvalue weighted by Crippen LogP contribution is -2.43. The van der Waals surface area contributed by atoms with E-state index in [-0.39, 0.29) is 5.57 Å². The first-order valence-electron chi connectivity index (χ1n) is 12.1. The number of ether oxygens (including phenoxy) is 5. The molecule has 1 aliphatic heterocycles. The lowest BCUT2D eigenvalue weighted by atomic mass is 9.67. The lowest BCUT2D eigenvalue weighted by Gasteiger charge is -2.39. The minimum Gasteiger partial charge on any atom is -0.497 e. The van der Waals surface area contributed by atoms with Gasteiger partial charge in [0.05, 0.1) is 47.0 Å². The Morgan fingerprint density at radius 2 is 1.61 bits per heavy atom. The van der Waals surface area contributed by atoms with Crippen LogP contribution in [0.25, 0.3) is 0 Å². The fourth-order valence-electron chi connectivity index (χ4n) is 5.43. The fraction of sp³-hybridized carbons (Fsp3) is 0.345. The van der Waals surface area contributed by atoms with Gasteiger partial charge in [0.25, 0.3) is 0 Å². The first-order chi connectivity index (χ1) is 18.3. The summed E-state index contributed by atoms with van der Waals surface area (Å²) >= 11 is 0. The number of hydrogen-bond donors (Lipinski definition) is 1. The highest BCUT2D eigenvalue weighted by atomic mass is 16.5. The number of esters is 2. The average Bonchev–Trinajstić information content (AvgIpc) is 2.95. The van der Waals surface area contributed by atoms with Crippen LogP contribution < -0.4 is 19.5 Å². The second-order valence-corrected chi connectivity index (χ2v) is 9.01. The van der Waals surface area contributed by atoms with Gasteiger partial charge in [-0.1, -0.05) is 24.3 Å². The number of carbonyl (C=O) groups excluding carboxylic acids is 3. The number of dihydropyridines is 1. The Balaban J connectivity index is 1.95. The van der Waals surface area contributed by atoms with Crippen molar-refractivity contribution in [2.45, 2.75) is 25.2 Å². The van der Waals surface area contributed by atoms with E-state index < -0.39 is 35.5 Å². The molecule has 2 aliphatic rings. The Kier molecular flexibility index (Phi) is 7.75. The van der Waals surface area contributed by atoms with Gasteiger partial charge in [-0.05, 0) is 37.1 Å². The third kappa shape index (κ3) is 4.49. The second kappa shape index (κ2) is 11.0. The minimum absolute atomic E-state index is 0.248. The standard InChI is InChI=1S/C29H31NO8/c1-15-22(28(32)37-5)23(18-8-7-9-21(35-3)27(18)36-4)25-20(30-15)14-19(24(26(25)31)29(33)38-6)16-10-12-17(34-2)13-11-16/h7-13,19,23-24,30H,14H2,1-6H3. The summed E-state index contributed by atoms with van der Waals surface area (Å²) in [5, 5.41) is 3.27. The average molecular weight is 522 g/mol. The molecule has 9 nitrogen and oxygen atoms in total. The van der Waals surface area contributed by atoms with Crippen LogP contribution in [0, 0.1) is 5.92 Å². The quantitative estimate of drug-likeness (QED) is 0.431. The summed E-state index contributed by atoms with van der Waals surface area (Å²) in [5.74, 6) is -2.68. The van der Waals surface area contributed by atoms with Crippen LogP contribution in [0.5, 0.6) is 17.2 Å². The van der Waals surface area contributed by atoms with Gasteiger partial charge in [0.2, 0.25) is 0 Å². The van der Waals surface area contributed by atoms with Crippen molar-refractivity contribution in [1.82, 2.24) is 5.32 Å². The molecule has 2 aromatic rings. The van der Waals surface area contributed by atoms with Crippen LogP contribution in [0.1, 0.15) is 36.3 Å². The maximum Gasteiger partial charge on any atom is 0.336 e. The number of benzene rings is 2. The van der Waals surface area contributed by atoms with Gasteiger partial charge in [-0.2, -0.15) is 0 Å². The van der Waals surface area contributed by atoms with Crippen molar-refractivity contribution in [3.63, 3.8) is 0 Å². The molecular weight excluding hydrogens is 490 g/mol. The Morgan fingerprint density at radius 1 is 0.895 bits per heavy atom. The summed E-state index contributed by atoms with van der Waals surface area (Å²) in [6.07, 6.45) is 0.335. The summed E-state index contributed by atoms with van der Waals surface area (Å²) in [6, 6.07) is 12.5. The molecule has 1 aliphatic carbocycles. The predicted octanol–water partition coefficient (Wildman–Crippen LogP) is 3.65. The van der Waals surface area contributed by atoms with Crippen molar-refractivity contribution in [2.24, 2.45) is 5.92 Å². The maximum atomic E-state index is 14.3. The number of methoxy groups -OCH3 is 5. The van der Waals surface area contributed by atoms with Gasteiger partial charge in [0, 0.05) is 28.4 Å². The van der Waals surface area contributed by atoms with Crippen LogP contribution >= 0.6 is 0 Å². The molecule has 0 amide bonds. The van der Waals surface area contributed by atoms with E-state index in [4.69, 9.17) is 23.7 Å². The fourth-order valence-corrected chi connectivity index (χ4v) is 5.43. The monoisotopic (exact) mass is 521 g/mol. The van der Waals surface area contributed by atoms with Gasteiger partial charge < -0.3 is 29.0 Å². The molecule has 9 heteroatoms. The largest absolute Gasteiger partial charge is 0.497 e. The van der Waals surface area contributed by atoms with E-state index in [1.165, 1.54) is 28.4 Å². The van der Waals surface area contributed by atoms with E-state index in [2.05, 4.69) is 5.32 Å². The summed E-state index contributed by atoms with van der Waals surface area (Å²) in [7, 11) is 7.12. The number of allylic oxidation sites excluding steroid dienone is 3. The number of rotatable bonds is 7. The SMILES string of the molecule is COC(=O)C1=C(C)NC2=C(C(=O)C(C(=O)OC)C(c3ccc(OC)cc3)C2)C1c1cccc(OC)c1OC. The number of carbonyl (C=O) groups is 3. The third-order valence-electron chi connectivity index (χ3n) is 7.17. The number of Topliss-reactive ketones (excluding diaryl/α,β-unsaturated/α-hetero) is 1. The van der Waals surface area contributed by atoms with Gasteiger partial charge in [0.1, 0.15) is 11.7 Å². The van der Waals surface area contributed by atoms with Gasteiger partial charge in [-0.25, -0.2) is 4.79 Å². The van der Waals surface area contributed by atoms with Crippen molar-refractivity contribution in [2.75, 3.05) is 35.5 Å². The van der Waals surface area contributed by atoms with Crippen molar-refractivity contribution in [3.05, 3.63) is 76.1 Å². The zero-order valence-corrected chi connectivity index (χ0v) is 22.2. The van der Waals surface area contributed by atoms with E-state index >= 15 is 0 Å². The minimum atomic E-state index is -1.12. The number of hydrogen-bond acceptors (Lipinski definition) is 9. The molecule has 38 heavy (non-hydrogen) atoms. The number of nitrogens with one attached hydrogen (secondary N) is 1. The van der Waals surface area contributed by atoms with Crippen LogP contribution in [0.3, 0.4) is 0 Å². The molecule has 0 radical (unpaired) electrons. The molecular formula is C29H31NO8. The van der Waals surface area contributed by atoms with Crippen molar-refractivity contribution < 1.29 is 38.1 Å². The van der Waals surface area contributed by atoms with Crippen molar-refractivity contribution in [3.8, 4) is 17.2 Å². The smallest absolute Gasteiger partial charge is 0.336 e. The van der Waals surface area contributed by atoms with Gasteiger partial charge >= 0.3 is 11.9 Å². The van der Waals surface area contributed by atoms with E-state index in [1.54, 1.807) is 44.4 Å². The number of para-hydroxylation sites is 1. The maximum absolute atomic E-state index is 14.3. The highest BCUT2D eigenvalue weighted by Gasteiger charge is 2.49. The lowest BCUT2D eigenvalue weighted by molar-refractivity contribution is -0.150. The third-order valence-corrected chi connectivity index (χ3v) is 7.17. The van der Waals surface area contributed by atoms with Crippen LogP contribution in [-0.4, -0.2) is 53.3 Å². The van der Waals surface area contributed by atoms with Crippen LogP contribution in [0.15, 0.2) is 65.0 Å². The van der Waals surface area contributed by atoms with Crippen LogP contribution in [0.2, 0.25) is 0 Å². The Morgan fingerprint density at radius 3 is 2.18 bits per heavy atom. The molecule has 0 bridgehead atoms. The summed E-state index contributed by atoms with van der Waals surface area (Å²) in [4.78, 5) is 40.5. The normalized spacial score (nSPS) is 20.8. The van der Waals surface area contributed by atoms with Crippen LogP contribution in [-0.2, 0) is 23.9 Å². The molecule has 1 heterocycles. The van der Waals surface area contributed by atoms with E-state index in [0.29, 0.717) is 46.2 Å². The highest BCUT2D eigenvalue weighted by Crippen LogP contribution is 2.51. The first-order valence-corrected chi connectivity index (χ1v) is 12.1. The first kappa shape index (κ1) is 26.8. The molecule has 2 aromatic carbocycles. The summed E-state index contributed by atoms with van der Waals surface area (Å²) in [5.41, 5.74) is 3.04. The van der Waals surface area contributed by atoms with E-state index in [0.717, 1.165) is 5.56 Å². The van der Waals surface area contributed by atoms with Gasteiger partial charge in [-0.15, -0.1) is 0 Å².